The third-order valence-electron chi connectivity index (χ3n) is 4.84. The Balaban J connectivity index is 1.81. The molecule has 2 aromatic heterocycles. The number of nitrogens with two attached hydrogens (primary N) is 1. The number of rotatable bonds is 2. The van der Waals surface area contributed by atoms with Crippen molar-refractivity contribution in [3.8, 4) is 10.4 Å². The number of anilines is 1. The van der Waals surface area contributed by atoms with E-state index in [0.717, 1.165) is 17.2 Å². The topological polar surface area (TPSA) is 52.0 Å². The molecule has 1 fully saturated rings. The predicted molar refractivity (Wildman–Crippen MR) is 88.4 cm³/mol. The van der Waals surface area contributed by atoms with Gasteiger partial charge in [0.2, 0.25) is 0 Å². The fourth-order valence-corrected chi connectivity index (χ4v) is 4.27. The molecule has 2 aromatic rings. The summed E-state index contributed by atoms with van der Waals surface area (Å²) in [5.74, 6) is 2.80. The number of nitrogen functional groups attached to an aromatic ring is 1. The van der Waals surface area contributed by atoms with Crippen LogP contribution in [0.4, 0.5) is 5.82 Å². The molecule has 0 atom stereocenters. The number of nitrogens with zero attached hydrogens (tertiary/aromatic N) is 1. The van der Waals surface area contributed by atoms with Gasteiger partial charge in [-0.2, -0.15) is 0 Å². The highest BCUT2D eigenvalue weighted by Gasteiger charge is 2.33. The van der Waals surface area contributed by atoms with Gasteiger partial charge in [-0.25, -0.2) is 0 Å². The maximum atomic E-state index is 6.04. The molecule has 4 heteroatoms. The summed E-state index contributed by atoms with van der Waals surface area (Å²) >= 11 is 1.70. The van der Waals surface area contributed by atoms with Gasteiger partial charge in [-0.15, -0.1) is 11.3 Å². The van der Waals surface area contributed by atoms with E-state index < -0.39 is 0 Å². The van der Waals surface area contributed by atoms with Crippen LogP contribution < -0.4 is 5.73 Å². The first-order chi connectivity index (χ1) is 9.97. The zero-order chi connectivity index (χ0) is 15.0. The Morgan fingerprint density at radius 1 is 1.24 bits per heavy atom. The Morgan fingerprint density at radius 3 is 2.52 bits per heavy atom. The molecule has 0 bridgehead atoms. The summed E-state index contributed by atoms with van der Waals surface area (Å²) in [4.78, 5) is 1.17. The van der Waals surface area contributed by atoms with Crippen LogP contribution in [0.15, 0.2) is 22.0 Å². The van der Waals surface area contributed by atoms with Gasteiger partial charge in [0.25, 0.3) is 0 Å². The lowest BCUT2D eigenvalue weighted by atomic mass is 9.69. The molecule has 0 amide bonds. The molecule has 1 aliphatic carbocycles. The van der Waals surface area contributed by atoms with Crippen molar-refractivity contribution in [1.29, 1.82) is 0 Å². The number of thiophene rings is 1. The SMILES string of the molecule is CC(C)(C)C1CCC(c2onc(N)c2-c2cccs2)CC1. The van der Waals surface area contributed by atoms with Crippen LogP contribution in [0.25, 0.3) is 10.4 Å². The monoisotopic (exact) mass is 304 g/mol. The van der Waals surface area contributed by atoms with Crippen LogP contribution in [0, 0.1) is 11.3 Å². The lowest BCUT2D eigenvalue weighted by Crippen LogP contribution is -2.25. The van der Waals surface area contributed by atoms with E-state index in [1.807, 2.05) is 6.07 Å². The lowest BCUT2D eigenvalue weighted by molar-refractivity contribution is 0.161. The molecule has 0 spiro atoms. The standard InChI is InChI=1S/C17H24N2OS/c1-17(2,3)12-8-6-11(7-9-12)15-14(16(18)19-20-15)13-5-4-10-21-13/h4-5,10-12H,6-9H2,1-3H3,(H2,18,19). The number of hydrogen-bond donors (Lipinski definition) is 1. The van der Waals surface area contributed by atoms with Crippen LogP contribution in [0.3, 0.4) is 0 Å². The third kappa shape index (κ3) is 2.86. The Labute approximate surface area is 130 Å². The van der Waals surface area contributed by atoms with E-state index in [1.165, 1.54) is 30.6 Å². The van der Waals surface area contributed by atoms with Crippen molar-refractivity contribution in [2.45, 2.75) is 52.4 Å². The molecular weight excluding hydrogens is 280 g/mol. The second-order valence-corrected chi connectivity index (χ2v) is 8.15. The van der Waals surface area contributed by atoms with Crippen LogP contribution in [0.5, 0.6) is 0 Å². The van der Waals surface area contributed by atoms with Gasteiger partial charge in [0.05, 0.1) is 5.56 Å². The van der Waals surface area contributed by atoms with Crippen LogP contribution in [-0.2, 0) is 0 Å². The normalized spacial score (nSPS) is 23.4. The third-order valence-corrected chi connectivity index (χ3v) is 5.72. The molecule has 2 N–H and O–H groups in total. The molecular formula is C17H24N2OS. The second kappa shape index (κ2) is 5.48. The van der Waals surface area contributed by atoms with E-state index in [-0.39, 0.29) is 0 Å². The number of hydrogen-bond acceptors (Lipinski definition) is 4. The molecule has 0 radical (unpaired) electrons. The molecule has 0 saturated heterocycles. The van der Waals surface area contributed by atoms with Gasteiger partial charge >= 0.3 is 0 Å². The van der Waals surface area contributed by atoms with Gasteiger partial charge in [0.1, 0.15) is 0 Å². The van der Waals surface area contributed by atoms with Gasteiger partial charge in [0, 0.05) is 10.8 Å². The van der Waals surface area contributed by atoms with Crippen molar-refractivity contribution in [3.05, 3.63) is 23.3 Å². The van der Waals surface area contributed by atoms with Gasteiger partial charge < -0.3 is 10.3 Å². The summed E-state index contributed by atoms with van der Waals surface area (Å²) in [6.45, 7) is 7.05. The minimum atomic E-state index is 0.405. The first-order valence-corrected chi connectivity index (χ1v) is 8.63. The Hall–Kier alpha value is -1.29. The smallest absolute Gasteiger partial charge is 0.175 e. The quantitative estimate of drug-likeness (QED) is 0.818. The zero-order valence-electron chi connectivity index (χ0n) is 13.1. The molecule has 0 aromatic carbocycles. The Kier molecular flexibility index (Phi) is 3.82. The van der Waals surface area contributed by atoms with E-state index in [1.54, 1.807) is 11.3 Å². The highest BCUT2D eigenvalue weighted by molar-refractivity contribution is 7.13. The van der Waals surface area contributed by atoms with E-state index >= 15 is 0 Å². The van der Waals surface area contributed by atoms with Gasteiger partial charge in [-0.05, 0) is 48.5 Å². The molecule has 0 unspecified atom stereocenters. The summed E-state index contributed by atoms with van der Waals surface area (Å²) in [5, 5.41) is 6.10. The fraction of sp³-hybridized carbons (Fsp3) is 0.588. The van der Waals surface area contributed by atoms with Crippen molar-refractivity contribution in [2.24, 2.45) is 11.3 Å². The average Bonchev–Trinajstić information content (AvgIpc) is 3.06. The first kappa shape index (κ1) is 14.6. The lowest BCUT2D eigenvalue weighted by Gasteiger charge is -2.36. The Morgan fingerprint density at radius 2 is 1.95 bits per heavy atom. The van der Waals surface area contributed by atoms with E-state index in [9.17, 15) is 0 Å². The van der Waals surface area contributed by atoms with Crippen LogP contribution in [0.2, 0.25) is 0 Å². The summed E-state index contributed by atoms with van der Waals surface area (Å²) < 4.78 is 5.61. The van der Waals surface area contributed by atoms with Crippen molar-refractivity contribution in [3.63, 3.8) is 0 Å². The predicted octanol–water partition coefficient (Wildman–Crippen LogP) is 5.31. The summed E-state index contributed by atoms with van der Waals surface area (Å²) in [7, 11) is 0. The van der Waals surface area contributed by atoms with Crippen molar-refractivity contribution >= 4 is 17.2 Å². The second-order valence-electron chi connectivity index (χ2n) is 7.20. The van der Waals surface area contributed by atoms with E-state index in [4.69, 9.17) is 10.3 Å². The van der Waals surface area contributed by atoms with E-state index in [0.29, 0.717) is 17.2 Å². The molecule has 1 aliphatic rings. The molecule has 21 heavy (non-hydrogen) atoms. The van der Waals surface area contributed by atoms with Crippen molar-refractivity contribution in [1.82, 2.24) is 5.16 Å². The first-order valence-electron chi connectivity index (χ1n) is 7.75. The highest BCUT2D eigenvalue weighted by Crippen LogP contribution is 2.46. The van der Waals surface area contributed by atoms with Crippen LogP contribution in [0.1, 0.15) is 58.1 Å². The molecule has 2 heterocycles. The highest BCUT2D eigenvalue weighted by atomic mass is 32.1. The summed E-state index contributed by atoms with van der Waals surface area (Å²) in [6.07, 6.45) is 4.88. The maximum absolute atomic E-state index is 6.04. The van der Waals surface area contributed by atoms with Gasteiger partial charge in [-0.1, -0.05) is 32.0 Å². The molecule has 0 aliphatic heterocycles. The molecule has 3 rings (SSSR count). The Bertz CT molecular complexity index is 587. The summed E-state index contributed by atoms with van der Waals surface area (Å²) in [5.41, 5.74) is 7.47. The summed E-state index contributed by atoms with van der Waals surface area (Å²) in [6, 6.07) is 4.14. The van der Waals surface area contributed by atoms with Crippen LogP contribution in [-0.4, -0.2) is 5.16 Å². The fourth-order valence-electron chi connectivity index (χ4n) is 3.48. The van der Waals surface area contributed by atoms with Crippen molar-refractivity contribution in [2.75, 3.05) is 5.73 Å². The minimum absolute atomic E-state index is 0.405. The number of aromatic nitrogens is 1. The molecule has 3 nitrogen and oxygen atoms in total. The van der Waals surface area contributed by atoms with Gasteiger partial charge in [-0.3, -0.25) is 0 Å². The largest absolute Gasteiger partial charge is 0.380 e. The zero-order valence-corrected chi connectivity index (χ0v) is 13.9. The van der Waals surface area contributed by atoms with Crippen LogP contribution >= 0.6 is 11.3 Å². The van der Waals surface area contributed by atoms with Gasteiger partial charge in [0.15, 0.2) is 11.6 Å². The minimum Gasteiger partial charge on any atom is -0.380 e. The van der Waals surface area contributed by atoms with E-state index in [2.05, 4.69) is 37.4 Å². The van der Waals surface area contributed by atoms with Crippen molar-refractivity contribution < 1.29 is 4.52 Å². The average molecular weight is 304 g/mol. The maximum Gasteiger partial charge on any atom is 0.175 e. The molecule has 1 saturated carbocycles. The molecule has 114 valence electrons.